The standard InChI is InChI=1S/C17H14ClNO/c1-10-6-7-11(2)12(8-10)17(20)13-9-19-15-5-3-4-14(18)16(13)15/h3-9,19H,1-2H3. The van der Waals surface area contributed by atoms with Crippen molar-refractivity contribution in [2.75, 3.05) is 0 Å². The number of aromatic nitrogens is 1. The molecule has 0 aliphatic carbocycles. The third kappa shape index (κ3) is 2.02. The summed E-state index contributed by atoms with van der Waals surface area (Å²) in [7, 11) is 0. The van der Waals surface area contributed by atoms with Crippen LogP contribution in [0.1, 0.15) is 27.0 Å². The molecule has 0 unspecified atom stereocenters. The van der Waals surface area contributed by atoms with Crippen molar-refractivity contribution < 1.29 is 4.79 Å². The van der Waals surface area contributed by atoms with Gasteiger partial charge in [-0.05, 0) is 37.6 Å². The van der Waals surface area contributed by atoms with Crippen molar-refractivity contribution in [2.24, 2.45) is 0 Å². The number of carbonyl (C=O) groups is 1. The van der Waals surface area contributed by atoms with Crippen LogP contribution in [0.25, 0.3) is 10.9 Å². The number of aryl methyl sites for hydroxylation is 2. The Hall–Kier alpha value is -2.06. The second-order valence-electron chi connectivity index (χ2n) is 5.01. The molecule has 2 aromatic carbocycles. The van der Waals surface area contributed by atoms with Gasteiger partial charge in [0.15, 0.2) is 5.78 Å². The number of aromatic amines is 1. The van der Waals surface area contributed by atoms with Crippen molar-refractivity contribution >= 4 is 28.3 Å². The molecule has 0 saturated heterocycles. The first-order chi connectivity index (χ1) is 9.58. The van der Waals surface area contributed by atoms with Crippen molar-refractivity contribution in [2.45, 2.75) is 13.8 Å². The maximum absolute atomic E-state index is 12.8. The van der Waals surface area contributed by atoms with E-state index in [1.807, 2.05) is 44.2 Å². The first kappa shape index (κ1) is 12.9. The second-order valence-corrected chi connectivity index (χ2v) is 5.42. The van der Waals surface area contributed by atoms with E-state index in [9.17, 15) is 4.79 Å². The highest BCUT2D eigenvalue weighted by Gasteiger charge is 2.17. The van der Waals surface area contributed by atoms with Gasteiger partial charge in [-0.25, -0.2) is 0 Å². The average Bonchev–Trinajstić information content (AvgIpc) is 2.86. The zero-order chi connectivity index (χ0) is 14.3. The third-order valence-corrected chi connectivity index (χ3v) is 3.85. The Morgan fingerprint density at radius 3 is 2.70 bits per heavy atom. The van der Waals surface area contributed by atoms with E-state index >= 15 is 0 Å². The summed E-state index contributed by atoms with van der Waals surface area (Å²) in [5.74, 6) is 0.00514. The molecular formula is C17H14ClNO. The Labute approximate surface area is 122 Å². The van der Waals surface area contributed by atoms with Crippen molar-refractivity contribution in [1.29, 1.82) is 0 Å². The van der Waals surface area contributed by atoms with E-state index in [4.69, 9.17) is 11.6 Å². The number of nitrogens with one attached hydrogen (secondary N) is 1. The molecular weight excluding hydrogens is 270 g/mol. The second kappa shape index (κ2) is 4.80. The van der Waals surface area contributed by atoms with Crippen LogP contribution in [-0.4, -0.2) is 10.8 Å². The molecule has 1 N–H and O–H groups in total. The van der Waals surface area contributed by atoms with E-state index in [0.29, 0.717) is 10.6 Å². The zero-order valence-electron chi connectivity index (χ0n) is 11.3. The van der Waals surface area contributed by atoms with E-state index < -0.39 is 0 Å². The van der Waals surface area contributed by atoms with Crippen LogP contribution in [-0.2, 0) is 0 Å². The van der Waals surface area contributed by atoms with Crippen LogP contribution in [0.5, 0.6) is 0 Å². The van der Waals surface area contributed by atoms with Crippen molar-refractivity contribution in [3.8, 4) is 0 Å². The summed E-state index contributed by atoms with van der Waals surface area (Å²) in [5.41, 5.74) is 4.28. The van der Waals surface area contributed by atoms with E-state index in [-0.39, 0.29) is 5.78 Å². The minimum Gasteiger partial charge on any atom is -0.360 e. The van der Waals surface area contributed by atoms with Crippen LogP contribution in [0.4, 0.5) is 0 Å². The van der Waals surface area contributed by atoms with Crippen molar-refractivity contribution in [3.05, 3.63) is 69.9 Å². The molecule has 20 heavy (non-hydrogen) atoms. The van der Waals surface area contributed by atoms with Crippen LogP contribution in [0.15, 0.2) is 42.6 Å². The van der Waals surface area contributed by atoms with E-state index in [1.54, 1.807) is 12.3 Å². The molecule has 3 aromatic rings. The number of ketones is 1. The predicted molar refractivity (Wildman–Crippen MR) is 82.7 cm³/mol. The Balaban J connectivity index is 2.21. The average molecular weight is 284 g/mol. The molecule has 100 valence electrons. The minimum absolute atomic E-state index is 0.00514. The topological polar surface area (TPSA) is 32.9 Å². The third-order valence-electron chi connectivity index (χ3n) is 3.54. The molecule has 0 aliphatic heterocycles. The molecule has 3 heteroatoms. The Morgan fingerprint density at radius 2 is 1.90 bits per heavy atom. The fraction of sp³-hybridized carbons (Fsp3) is 0.118. The lowest BCUT2D eigenvalue weighted by Crippen LogP contribution is -2.03. The number of hydrogen-bond acceptors (Lipinski definition) is 1. The fourth-order valence-electron chi connectivity index (χ4n) is 2.44. The van der Waals surface area contributed by atoms with Crippen molar-refractivity contribution in [3.63, 3.8) is 0 Å². The van der Waals surface area contributed by atoms with Crippen LogP contribution >= 0.6 is 11.6 Å². The fourth-order valence-corrected chi connectivity index (χ4v) is 2.72. The summed E-state index contributed by atoms with van der Waals surface area (Å²) >= 11 is 6.23. The summed E-state index contributed by atoms with van der Waals surface area (Å²) in [6, 6.07) is 11.5. The van der Waals surface area contributed by atoms with Gasteiger partial charge in [0, 0.05) is 28.2 Å². The Morgan fingerprint density at radius 1 is 1.10 bits per heavy atom. The summed E-state index contributed by atoms with van der Waals surface area (Å²) in [6.07, 6.45) is 1.74. The maximum Gasteiger partial charge on any atom is 0.195 e. The minimum atomic E-state index is 0.00514. The van der Waals surface area contributed by atoms with Gasteiger partial charge in [-0.2, -0.15) is 0 Å². The van der Waals surface area contributed by atoms with Gasteiger partial charge in [-0.15, -0.1) is 0 Å². The molecule has 0 bridgehead atoms. The van der Waals surface area contributed by atoms with Crippen molar-refractivity contribution in [1.82, 2.24) is 4.98 Å². The zero-order valence-corrected chi connectivity index (χ0v) is 12.1. The number of halogens is 1. The van der Waals surface area contributed by atoms with Crippen LogP contribution in [0, 0.1) is 13.8 Å². The molecule has 0 fully saturated rings. The number of fused-ring (bicyclic) bond motifs is 1. The highest BCUT2D eigenvalue weighted by atomic mass is 35.5. The molecule has 0 aliphatic rings. The number of H-pyrrole nitrogens is 1. The van der Waals surface area contributed by atoms with E-state index in [2.05, 4.69) is 4.98 Å². The number of hydrogen-bond donors (Lipinski definition) is 1. The largest absolute Gasteiger partial charge is 0.360 e. The Bertz CT molecular complexity index is 817. The lowest BCUT2D eigenvalue weighted by atomic mass is 9.97. The molecule has 0 atom stereocenters. The maximum atomic E-state index is 12.8. The van der Waals surface area contributed by atoms with Gasteiger partial charge < -0.3 is 4.98 Å². The lowest BCUT2D eigenvalue weighted by Gasteiger charge is -2.06. The molecule has 2 nitrogen and oxygen atoms in total. The monoisotopic (exact) mass is 283 g/mol. The highest BCUT2D eigenvalue weighted by molar-refractivity contribution is 6.37. The van der Waals surface area contributed by atoms with Gasteiger partial charge in [0.2, 0.25) is 0 Å². The predicted octanol–water partition coefficient (Wildman–Crippen LogP) is 4.67. The molecule has 0 saturated carbocycles. The van der Waals surface area contributed by atoms with E-state index in [0.717, 1.165) is 27.6 Å². The molecule has 1 aromatic heterocycles. The molecule has 0 amide bonds. The Kier molecular flexibility index (Phi) is 3.11. The van der Waals surface area contributed by atoms with Gasteiger partial charge in [0.1, 0.15) is 0 Å². The summed E-state index contributed by atoms with van der Waals surface area (Å²) < 4.78 is 0. The summed E-state index contributed by atoms with van der Waals surface area (Å²) in [5, 5.41) is 1.39. The number of carbonyl (C=O) groups excluding carboxylic acids is 1. The first-order valence-corrected chi connectivity index (χ1v) is 6.83. The van der Waals surface area contributed by atoms with Gasteiger partial charge >= 0.3 is 0 Å². The molecule has 0 spiro atoms. The lowest BCUT2D eigenvalue weighted by molar-refractivity contribution is 0.103. The van der Waals surface area contributed by atoms with Crippen LogP contribution in [0.2, 0.25) is 5.02 Å². The molecule has 3 rings (SSSR count). The van der Waals surface area contributed by atoms with Crippen LogP contribution < -0.4 is 0 Å². The van der Waals surface area contributed by atoms with Gasteiger partial charge in [-0.1, -0.05) is 35.4 Å². The van der Waals surface area contributed by atoms with Crippen LogP contribution in [0.3, 0.4) is 0 Å². The normalized spacial score (nSPS) is 10.9. The first-order valence-electron chi connectivity index (χ1n) is 6.45. The van der Waals surface area contributed by atoms with Gasteiger partial charge in [-0.3, -0.25) is 4.79 Å². The number of rotatable bonds is 2. The van der Waals surface area contributed by atoms with Gasteiger partial charge in [0.05, 0.1) is 5.02 Å². The summed E-state index contributed by atoms with van der Waals surface area (Å²) in [6.45, 7) is 3.93. The highest BCUT2D eigenvalue weighted by Crippen LogP contribution is 2.29. The summed E-state index contributed by atoms with van der Waals surface area (Å²) in [4.78, 5) is 15.9. The quantitative estimate of drug-likeness (QED) is 0.681. The van der Waals surface area contributed by atoms with E-state index in [1.165, 1.54) is 0 Å². The number of benzene rings is 2. The molecule has 1 heterocycles. The SMILES string of the molecule is Cc1ccc(C)c(C(=O)c2c[nH]c3cccc(Cl)c23)c1. The molecule has 0 radical (unpaired) electrons. The van der Waals surface area contributed by atoms with Gasteiger partial charge in [0.25, 0.3) is 0 Å². The smallest absolute Gasteiger partial charge is 0.195 e.